The summed E-state index contributed by atoms with van der Waals surface area (Å²) in [4.78, 5) is 0.427. The monoisotopic (exact) mass is 585 g/mol. The SMILES string of the molecule is Cc1ccc(C=Cc2ccc(-n3nc4cc(S(=O)O)c5ccccc5c4n3)cc2S(=O)(=O)O)c(S(=O)(=O)O)c1. The quantitative estimate of drug-likeness (QED) is 0.149. The zero-order valence-electron chi connectivity index (χ0n) is 20.0. The van der Waals surface area contributed by atoms with Crippen LogP contribution in [0.4, 0.5) is 0 Å². The molecule has 200 valence electrons. The van der Waals surface area contributed by atoms with Gasteiger partial charge in [-0.15, -0.1) is 10.2 Å². The molecule has 11 nitrogen and oxygen atoms in total. The third-order valence-corrected chi connectivity index (χ3v) is 8.47. The van der Waals surface area contributed by atoms with E-state index in [1.807, 2.05) is 0 Å². The van der Waals surface area contributed by atoms with Gasteiger partial charge in [-0.1, -0.05) is 54.6 Å². The molecule has 0 bridgehead atoms. The molecule has 1 aromatic heterocycles. The Morgan fingerprint density at radius 1 is 0.795 bits per heavy atom. The van der Waals surface area contributed by atoms with Gasteiger partial charge in [0.2, 0.25) is 0 Å². The summed E-state index contributed by atoms with van der Waals surface area (Å²) in [7, 11) is -9.31. The normalized spacial score (nSPS) is 13.4. The first-order valence-electron chi connectivity index (χ1n) is 11.1. The zero-order chi connectivity index (χ0) is 28.1. The molecule has 0 radical (unpaired) electrons. The summed E-state index contributed by atoms with van der Waals surface area (Å²) < 4.78 is 89.2. The third-order valence-electron chi connectivity index (χ3n) is 5.94. The number of hydrogen-bond acceptors (Lipinski definition) is 7. The maximum absolute atomic E-state index is 12.3. The Morgan fingerprint density at radius 2 is 1.38 bits per heavy atom. The van der Waals surface area contributed by atoms with Crippen molar-refractivity contribution >= 4 is 65.3 Å². The maximum Gasteiger partial charge on any atom is 0.295 e. The van der Waals surface area contributed by atoms with E-state index in [9.17, 15) is 34.7 Å². The van der Waals surface area contributed by atoms with Gasteiger partial charge in [-0.2, -0.15) is 21.6 Å². The number of nitrogens with zero attached hydrogens (tertiary/aromatic N) is 3. The van der Waals surface area contributed by atoms with Crippen molar-refractivity contribution in [1.82, 2.24) is 15.0 Å². The van der Waals surface area contributed by atoms with Crippen LogP contribution < -0.4 is 0 Å². The van der Waals surface area contributed by atoms with Crippen LogP contribution in [0.15, 0.2) is 81.4 Å². The molecule has 0 saturated carbocycles. The average Bonchev–Trinajstić information content (AvgIpc) is 3.31. The molecule has 4 aromatic carbocycles. The van der Waals surface area contributed by atoms with Crippen molar-refractivity contribution in [2.24, 2.45) is 0 Å². The fourth-order valence-corrected chi connectivity index (χ4v) is 6.21. The van der Waals surface area contributed by atoms with Gasteiger partial charge in [0.05, 0.1) is 10.6 Å². The smallest absolute Gasteiger partial charge is 0.295 e. The van der Waals surface area contributed by atoms with Crippen LogP contribution in [0.25, 0.3) is 39.6 Å². The highest BCUT2D eigenvalue weighted by molar-refractivity contribution is 7.86. The van der Waals surface area contributed by atoms with E-state index in [0.29, 0.717) is 27.4 Å². The zero-order valence-corrected chi connectivity index (χ0v) is 22.4. The second-order valence-electron chi connectivity index (χ2n) is 8.57. The molecule has 0 fully saturated rings. The van der Waals surface area contributed by atoms with Gasteiger partial charge < -0.3 is 4.55 Å². The van der Waals surface area contributed by atoms with Crippen LogP contribution in [0.2, 0.25) is 0 Å². The molecular formula is C25H19N3O8S3. The summed E-state index contributed by atoms with van der Waals surface area (Å²) in [6.07, 6.45) is 2.59. The number of benzene rings is 4. The minimum atomic E-state index is -4.76. The summed E-state index contributed by atoms with van der Waals surface area (Å²) in [5, 5.41) is 9.86. The molecule has 39 heavy (non-hydrogen) atoms. The van der Waals surface area contributed by atoms with Crippen molar-refractivity contribution in [3.63, 3.8) is 0 Å². The van der Waals surface area contributed by atoms with Gasteiger partial charge in [-0.05, 0) is 47.9 Å². The van der Waals surface area contributed by atoms with Crippen molar-refractivity contribution in [2.75, 3.05) is 0 Å². The number of hydrogen-bond donors (Lipinski definition) is 3. The maximum atomic E-state index is 12.3. The Kier molecular flexibility index (Phi) is 6.70. The van der Waals surface area contributed by atoms with E-state index >= 15 is 0 Å². The minimum absolute atomic E-state index is 0.0308. The first-order chi connectivity index (χ1) is 18.3. The summed E-state index contributed by atoms with van der Waals surface area (Å²) in [5.41, 5.74) is 1.60. The van der Waals surface area contributed by atoms with Crippen LogP contribution >= 0.6 is 0 Å². The van der Waals surface area contributed by atoms with Crippen molar-refractivity contribution in [3.05, 3.63) is 83.4 Å². The largest absolute Gasteiger partial charge is 0.302 e. The fourth-order valence-electron chi connectivity index (χ4n) is 4.16. The molecule has 1 atom stereocenters. The topological polar surface area (TPSA) is 177 Å². The molecule has 0 aliphatic heterocycles. The molecule has 0 aliphatic rings. The fraction of sp³-hybridized carbons (Fsp3) is 0.0400. The molecule has 1 heterocycles. The van der Waals surface area contributed by atoms with E-state index < -0.39 is 36.2 Å². The van der Waals surface area contributed by atoms with E-state index in [1.165, 1.54) is 42.5 Å². The van der Waals surface area contributed by atoms with Gasteiger partial charge in [0.25, 0.3) is 20.2 Å². The molecule has 14 heteroatoms. The average molecular weight is 586 g/mol. The second-order valence-corrected chi connectivity index (χ2v) is 12.3. The number of rotatable bonds is 6. The molecular weight excluding hydrogens is 566 g/mol. The summed E-state index contributed by atoms with van der Waals surface area (Å²) in [6.45, 7) is 1.65. The van der Waals surface area contributed by atoms with Crippen LogP contribution in [0.5, 0.6) is 0 Å². The summed E-state index contributed by atoms with van der Waals surface area (Å²) >= 11 is -2.29. The third kappa shape index (κ3) is 5.25. The van der Waals surface area contributed by atoms with Crippen LogP contribution in [0.3, 0.4) is 0 Å². The van der Waals surface area contributed by atoms with Crippen molar-refractivity contribution < 1.29 is 34.7 Å². The number of fused-ring (bicyclic) bond motifs is 3. The molecule has 1 unspecified atom stereocenters. The molecule has 0 spiro atoms. The summed E-state index contributed by atoms with van der Waals surface area (Å²) in [5.74, 6) is 0. The second kappa shape index (κ2) is 9.75. The lowest BCUT2D eigenvalue weighted by atomic mass is 10.1. The minimum Gasteiger partial charge on any atom is -0.302 e. The highest BCUT2D eigenvalue weighted by Gasteiger charge is 2.19. The van der Waals surface area contributed by atoms with Crippen molar-refractivity contribution in [1.29, 1.82) is 0 Å². The lowest BCUT2D eigenvalue weighted by Crippen LogP contribution is -2.05. The first kappa shape index (κ1) is 26.8. The van der Waals surface area contributed by atoms with Crippen LogP contribution in [0, 0.1) is 6.92 Å². The van der Waals surface area contributed by atoms with Crippen molar-refractivity contribution in [3.8, 4) is 5.69 Å². The van der Waals surface area contributed by atoms with Gasteiger partial charge in [0, 0.05) is 10.8 Å². The van der Waals surface area contributed by atoms with Gasteiger partial charge >= 0.3 is 0 Å². The molecule has 3 N–H and O–H groups in total. The lowest BCUT2D eigenvalue weighted by molar-refractivity contribution is 0.480. The highest BCUT2D eigenvalue weighted by Crippen LogP contribution is 2.30. The van der Waals surface area contributed by atoms with E-state index in [2.05, 4.69) is 10.2 Å². The Hall–Kier alpha value is -3.79. The first-order valence-corrected chi connectivity index (χ1v) is 15.1. The van der Waals surface area contributed by atoms with E-state index in [-0.39, 0.29) is 26.6 Å². The van der Waals surface area contributed by atoms with Gasteiger partial charge in [0.1, 0.15) is 20.8 Å². The van der Waals surface area contributed by atoms with Gasteiger partial charge in [-0.3, -0.25) is 9.11 Å². The van der Waals surface area contributed by atoms with Gasteiger partial charge in [-0.25, -0.2) is 4.21 Å². The standard InChI is InChI=1S/C25H19N3O8S3/c1-15-6-7-16(23(12-15)38(31,32)33)8-9-17-10-11-18(13-24(17)39(34,35)36)28-26-21-14-22(37(29)30)19-4-2-3-5-20(19)25(21)27-28/h2-14H,1H3,(H,29,30)(H,31,32,33)(H,34,35,36). The highest BCUT2D eigenvalue weighted by atomic mass is 32.2. The predicted molar refractivity (Wildman–Crippen MR) is 145 cm³/mol. The molecule has 5 rings (SSSR count). The van der Waals surface area contributed by atoms with Crippen LogP contribution in [0.1, 0.15) is 16.7 Å². The van der Waals surface area contributed by atoms with Crippen LogP contribution in [-0.4, -0.2) is 49.7 Å². The molecule has 5 aromatic rings. The molecule has 0 aliphatic carbocycles. The number of aromatic nitrogens is 3. The predicted octanol–water partition coefficient (Wildman–Crippen LogP) is 4.13. The van der Waals surface area contributed by atoms with E-state index in [1.54, 1.807) is 37.3 Å². The van der Waals surface area contributed by atoms with Gasteiger partial charge in [0.15, 0.2) is 11.1 Å². The Bertz CT molecular complexity index is 2070. The summed E-state index contributed by atoms with van der Waals surface area (Å²) in [6, 6.07) is 16.6. The Balaban J connectivity index is 1.64. The van der Waals surface area contributed by atoms with E-state index in [0.717, 1.165) is 10.9 Å². The Morgan fingerprint density at radius 3 is 2.00 bits per heavy atom. The number of aryl methyl sites for hydroxylation is 1. The molecule has 0 saturated heterocycles. The molecule has 0 amide bonds. The van der Waals surface area contributed by atoms with Crippen LogP contribution in [-0.2, 0) is 31.3 Å². The Labute approximate surface area is 225 Å². The lowest BCUT2D eigenvalue weighted by Gasteiger charge is -2.07. The van der Waals surface area contributed by atoms with Crippen molar-refractivity contribution in [2.45, 2.75) is 21.6 Å². The van der Waals surface area contributed by atoms with E-state index in [4.69, 9.17) is 0 Å².